The predicted molar refractivity (Wildman–Crippen MR) is 106 cm³/mol. The molecule has 1 heterocycles. The number of ether oxygens (including phenoxy) is 2. The fourth-order valence-corrected chi connectivity index (χ4v) is 10.4. The van der Waals surface area contributed by atoms with Gasteiger partial charge in [0.25, 0.3) is 0 Å². The standard InChI is InChI=1S/C23H37NO5/c1-4-24-10-21(11-28-2)6-5-17(29-3)23-13-7-12-15(25)9-22(27,18(13)19(12)26)14(20(23)24)8-16(21)23/h12-20,25-27H,4-11H2,1-3H3/t12-,13+,14?,15?,16?,17?,18?,19-,20?,21?,22?,23?/m0/s1. The molecule has 6 rings (SSSR count). The monoisotopic (exact) mass is 407 g/mol. The highest BCUT2D eigenvalue weighted by atomic mass is 16.5. The summed E-state index contributed by atoms with van der Waals surface area (Å²) >= 11 is 0. The van der Waals surface area contributed by atoms with Crippen molar-refractivity contribution in [2.75, 3.05) is 33.9 Å². The lowest BCUT2D eigenvalue weighted by atomic mass is 9.43. The molecule has 0 aromatic heterocycles. The van der Waals surface area contributed by atoms with Crippen molar-refractivity contribution in [3.05, 3.63) is 0 Å². The van der Waals surface area contributed by atoms with Gasteiger partial charge in [-0.05, 0) is 44.1 Å². The largest absolute Gasteiger partial charge is 0.393 e. The maximum absolute atomic E-state index is 12.1. The Morgan fingerprint density at radius 2 is 1.93 bits per heavy atom. The topological polar surface area (TPSA) is 82.4 Å². The van der Waals surface area contributed by atoms with Crippen LogP contribution in [-0.4, -0.2) is 84.1 Å². The van der Waals surface area contributed by atoms with E-state index >= 15 is 0 Å². The number of hydrogen-bond donors (Lipinski definition) is 3. The van der Waals surface area contributed by atoms with Crippen LogP contribution in [0.4, 0.5) is 0 Å². The zero-order valence-electron chi connectivity index (χ0n) is 18.0. The number of aliphatic hydroxyl groups is 3. The van der Waals surface area contributed by atoms with E-state index in [2.05, 4.69) is 11.8 Å². The molecule has 1 saturated heterocycles. The zero-order valence-corrected chi connectivity index (χ0v) is 18.0. The van der Waals surface area contributed by atoms with Crippen LogP contribution < -0.4 is 0 Å². The lowest BCUT2D eigenvalue weighted by Gasteiger charge is -2.69. The lowest BCUT2D eigenvalue weighted by molar-refractivity contribution is -0.275. The molecule has 6 fully saturated rings. The summed E-state index contributed by atoms with van der Waals surface area (Å²) in [7, 11) is 3.68. The molecule has 164 valence electrons. The van der Waals surface area contributed by atoms with Crippen LogP contribution in [0.1, 0.15) is 39.0 Å². The van der Waals surface area contributed by atoms with E-state index in [0.29, 0.717) is 12.3 Å². The van der Waals surface area contributed by atoms with Crippen molar-refractivity contribution in [2.45, 2.75) is 69.0 Å². The maximum Gasteiger partial charge on any atom is 0.0771 e. The van der Waals surface area contributed by atoms with E-state index in [1.807, 2.05) is 14.2 Å². The van der Waals surface area contributed by atoms with Gasteiger partial charge in [0.15, 0.2) is 0 Å². The number of fused-ring (bicyclic) bond motifs is 2. The SMILES string of the molecule is CCN1CC2(COC)CCC(OC)C34C1C(CC23)C1(O)CC(O)[C@@H]2C[C@@H]4C1[C@H]2O. The molecule has 0 amide bonds. The first kappa shape index (κ1) is 19.4. The molecule has 29 heavy (non-hydrogen) atoms. The summed E-state index contributed by atoms with van der Waals surface area (Å²) in [6.07, 6.45) is 3.29. The Kier molecular flexibility index (Phi) is 4.00. The Labute approximate surface area is 173 Å². The number of likely N-dealkylation sites (tertiary alicyclic amines) is 1. The van der Waals surface area contributed by atoms with E-state index in [1.54, 1.807) is 0 Å². The zero-order chi connectivity index (χ0) is 20.3. The summed E-state index contributed by atoms with van der Waals surface area (Å²) < 4.78 is 12.1. The Bertz CT molecular complexity index is 705. The van der Waals surface area contributed by atoms with E-state index in [-0.39, 0.29) is 46.6 Å². The van der Waals surface area contributed by atoms with E-state index in [0.717, 1.165) is 45.4 Å². The fourth-order valence-electron chi connectivity index (χ4n) is 10.4. The molecule has 7 bridgehead atoms. The smallest absolute Gasteiger partial charge is 0.0771 e. The average Bonchev–Trinajstić information content (AvgIpc) is 3.12. The molecular weight excluding hydrogens is 370 g/mol. The predicted octanol–water partition coefficient (Wildman–Crippen LogP) is 0.877. The van der Waals surface area contributed by atoms with E-state index < -0.39 is 17.8 Å². The number of piperidine rings is 1. The van der Waals surface area contributed by atoms with Gasteiger partial charge in [0.2, 0.25) is 0 Å². The molecule has 6 heteroatoms. The summed E-state index contributed by atoms with van der Waals surface area (Å²) in [4.78, 5) is 2.62. The van der Waals surface area contributed by atoms with Crippen molar-refractivity contribution < 1.29 is 24.8 Å². The molecule has 0 aromatic rings. The van der Waals surface area contributed by atoms with Gasteiger partial charge in [-0.3, -0.25) is 4.90 Å². The third kappa shape index (κ3) is 1.93. The molecule has 6 nitrogen and oxygen atoms in total. The van der Waals surface area contributed by atoms with Gasteiger partial charge in [-0.2, -0.15) is 0 Å². The first-order valence-electron chi connectivity index (χ1n) is 11.7. The van der Waals surface area contributed by atoms with Crippen LogP contribution >= 0.6 is 0 Å². The van der Waals surface area contributed by atoms with Gasteiger partial charge in [-0.15, -0.1) is 0 Å². The van der Waals surface area contributed by atoms with Crippen molar-refractivity contribution in [3.63, 3.8) is 0 Å². The number of rotatable bonds is 4. The number of aliphatic hydroxyl groups excluding tert-OH is 2. The third-order valence-electron chi connectivity index (χ3n) is 10.9. The second kappa shape index (κ2) is 5.96. The van der Waals surface area contributed by atoms with Crippen LogP contribution in [0.2, 0.25) is 0 Å². The van der Waals surface area contributed by atoms with Crippen molar-refractivity contribution in [2.24, 2.45) is 40.4 Å². The summed E-state index contributed by atoms with van der Waals surface area (Å²) in [6, 6.07) is 0.273. The summed E-state index contributed by atoms with van der Waals surface area (Å²) in [5.41, 5.74) is -0.929. The Hall–Kier alpha value is -0.240. The van der Waals surface area contributed by atoms with Gasteiger partial charge in [0.05, 0.1) is 30.5 Å². The second-order valence-corrected chi connectivity index (χ2v) is 11.2. The normalized spacial score (nSPS) is 62.5. The minimum Gasteiger partial charge on any atom is -0.393 e. The maximum atomic E-state index is 12.1. The highest BCUT2D eigenvalue weighted by Crippen LogP contribution is 2.78. The molecule has 12 atom stereocenters. The molecule has 0 aromatic carbocycles. The molecule has 9 unspecified atom stereocenters. The molecule has 5 saturated carbocycles. The Balaban J connectivity index is 1.60. The highest BCUT2D eigenvalue weighted by Gasteiger charge is 2.83. The van der Waals surface area contributed by atoms with Crippen molar-refractivity contribution in [1.29, 1.82) is 0 Å². The van der Waals surface area contributed by atoms with Crippen LogP contribution in [0, 0.1) is 40.4 Å². The molecular formula is C23H37NO5. The van der Waals surface area contributed by atoms with Crippen LogP contribution in [0.15, 0.2) is 0 Å². The van der Waals surface area contributed by atoms with Crippen molar-refractivity contribution >= 4 is 0 Å². The molecule has 3 N–H and O–H groups in total. The molecule has 0 radical (unpaired) electrons. The number of nitrogens with zero attached hydrogens (tertiary/aromatic N) is 1. The number of hydrogen-bond acceptors (Lipinski definition) is 6. The quantitative estimate of drug-likeness (QED) is 0.642. The number of methoxy groups -OCH3 is 2. The Morgan fingerprint density at radius 1 is 1.14 bits per heavy atom. The molecule has 1 spiro atoms. The molecule has 1 aliphatic heterocycles. The van der Waals surface area contributed by atoms with Gasteiger partial charge in [0, 0.05) is 61.8 Å². The second-order valence-electron chi connectivity index (χ2n) is 11.2. The van der Waals surface area contributed by atoms with Gasteiger partial charge >= 0.3 is 0 Å². The van der Waals surface area contributed by atoms with Gasteiger partial charge in [-0.1, -0.05) is 6.92 Å². The van der Waals surface area contributed by atoms with Gasteiger partial charge < -0.3 is 24.8 Å². The van der Waals surface area contributed by atoms with Crippen LogP contribution in [0.3, 0.4) is 0 Å². The summed E-state index contributed by atoms with van der Waals surface area (Å²) in [5.74, 6) is 0.510. The summed E-state index contributed by atoms with van der Waals surface area (Å²) in [6.45, 7) is 4.99. The first-order valence-corrected chi connectivity index (χ1v) is 11.7. The highest BCUT2D eigenvalue weighted by molar-refractivity contribution is 5.33. The van der Waals surface area contributed by atoms with Gasteiger partial charge in [-0.25, -0.2) is 0 Å². The fraction of sp³-hybridized carbons (Fsp3) is 1.00. The third-order valence-corrected chi connectivity index (χ3v) is 10.9. The lowest BCUT2D eigenvalue weighted by Crippen LogP contribution is -2.76. The average molecular weight is 408 g/mol. The first-order chi connectivity index (χ1) is 13.9. The van der Waals surface area contributed by atoms with Crippen molar-refractivity contribution in [1.82, 2.24) is 4.90 Å². The summed E-state index contributed by atoms with van der Waals surface area (Å²) in [5, 5.41) is 34.2. The van der Waals surface area contributed by atoms with Crippen LogP contribution in [0.25, 0.3) is 0 Å². The Morgan fingerprint density at radius 3 is 2.62 bits per heavy atom. The molecule has 5 aliphatic carbocycles. The van der Waals surface area contributed by atoms with E-state index in [9.17, 15) is 15.3 Å². The van der Waals surface area contributed by atoms with Crippen LogP contribution in [0.5, 0.6) is 0 Å². The molecule has 6 aliphatic rings. The minimum atomic E-state index is -0.974. The minimum absolute atomic E-state index is 0.0544. The van der Waals surface area contributed by atoms with Crippen molar-refractivity contribution in [3.8, 4) is 0 Å². The van der Waals surface area contributed by atoms with Crippen LogP contribution in [-0.2, 0) is 9.47 Å². The van der Waals surface area contributed by atoms with E-state index in [1.165, 1.54) is 0 Å². The van der Waals surface area contributed by atoms with Gasteiger partial charge in [0.1, 0.15) is 0 Å². The van der Waals surface area contributed by atoms with E-state index in [4.69, 9.17) is 9.47 Å².